The summed E-state index contributed by atoms with van der Waals surface area (Å²) in [6, 6.07) is 18.8. The Morgan fingerprint density at radius 3 is 2.62 bits per heavy atom. The van der Waals surface area contributed by atoms with E-state index in [0.717, 1.165) is 43.1 Å². The first kappa shape index (κ1) is 17.8. The summed E-state index contributed by atoms with van der Waals surface area (Å²) in [5.41, 5.74) is 8.22. The lowest BCUT2D eigenvalue weighted by Gasteiger charge is -2.28. The van der Waals surface area contributed by atoms with Crippen LogP contribution in [-0.2, 0) is 19.5 Å². The number of aromatic nitrogens is 4. The van der Waals surface area contributed by atoms with E-state index >= 15 is 0 Å². The van der Waals surface area contributed by atoms with Gasteiger partial charge in [0.2, 0.25) is 0 Å². The summed E-state index contributed by atoms with van der Waals surface area (Å²) in [5.74, 6) is 0.814. The highest BCUT2D eigenvalue weighted by atomic mass is 15.2. The molecule has 0 radical (unpaired) electrons. The van der Waals surface area contributed by atoms with E-state index in [0.29, 0.717) is 0 Å². The van der Waals surface area contributed by atoms with Gasteiger partial charge in [-0.25, -0.2) is 9.97 Å². The highest BCUT2D eigenvalue weighted by molar-refractivity contribution is 5.63. The van der Waals surface area contributed by atoms with Crippen LogP contribution in [0.5, 0.6) is 0 Å². The number of fused-ring (bicyclic) bond motifs is 1. The van der Waals surface area contributed by atoms with Crippen molar-refractivity contribution in [2.45, 2.75) is 26.4 Å². The summed E-state index contributed by atoms with van der Waals surface area (Å²) < 4.78 is 0. The van der Waals surface area contributed by atoms with Crippen LogP contribution in [0.3, 0.4) is 0 Å². The largest absolute Gasteiger partial charge is 0.294 e. The molecule has 2 aromatic heterocycles. The summed E-state index contributed by atoms with van der Waals surface area (Å²) >= 11 is 0. The third kappa shape index (κ3) is 3.69. The quantitative estimate of drug-likeness (QED) is 0.569. The van der Waals surface area contributed by atoms with Crippen molar-refractivity contribution in [3.05, 3.63) is 89.4 Å². The lowest BCUT2D eigenvalue weighted by molar-refractivity contribution is 0.243. The van der Waals surface area contributed by atoms with Gasteiger partial charge in [-0.05, 0) is 12.5 Å². The van der Waals surface area contributed by atoms with Gasteiger partial charge in [-0.3, -0.25) is 10.00 Å². The van der Waals surface area contributed by atoms with Crippen molar-refractivity contribution in [3.8, 4) is 22.6 Å². The fraction of sp³-hybridized carbons (Fsp3) is 0.208. The Bertz CT molecular complexity index is 1120. The Hall–Kier alpha value is -3.31. The number of aromatic amines is 1. The van der Waals surface area contributed by atoms with E-state index in [1.807, 2.05) is 30.6 Å². The molecule has 1 aliphatic heterocycles. The SMILES string of the molecule is Cc1ccc(-c2[nH]ncc2CN2CCc3nc(-c4ccccc4)ncc3C2)cc1. The van der Waals surface area contributed by atoms with Gasteiger partial charge in [-0.2, -0.15) is 5.10 Å². The van der Waals surface area contributed by atoms with Crippen LogP contribution in [0.4, 0.5) is 0 Å². The molecule has 29 heavy (non-hydrogen) atoms. The molecule has 0 spiro atoms. The van der Waals surface area contributed by atoms with Crippen molar-refractivity contribution in [2.75, 3.05) is 6.54 Å². The smallest absolute Gasteiger partial charge is 0.159 e. The first-order valence-corrected chi connectivity index (χ1v) is 9.98. The van der Waals surface area contributed by atoms with Crippen molar-refractivity contribution in [1.29, 1.82) is 0 Å². The molecule has 2 aromatic carbocycles. The summed E-state index contributed by atoms with van der Waals surface area (Å²) in [4.78, 5) is 11.9. The number of hydrogen-bond donors (Lipinski definition) is 1. The Balaban J connectivity index is 1.34. The van der Waals surface area contributed by atoms with Gasteiger partial charge in [0.1, 0.15) is 0 Å². The first-order chi connectivity index (χ1) is 14.3. The van der Waals surface area contributed by atoms with Crippen LogP contribution in [0.2, 0.25) is 0 Å². The van der Waals surface area contributed by atoms with Crippen molar-refractivity contribution in [2.24, 2.45) is 0 Å². The second kappa shape index (κ2) is 7.60. The second-order valence-corrected chi connectivity index (χ2v) is 7.63. The van der Waals surface area contributed by atoms with Crippen molar-refractivity contribution < 1.29 is 0 Å². The van der Waals surface area contributed by atoms with E-state index in [2.05, 4.69) is 63.4 Å². The molecule has 144 valence electrons. The lowest BCUT2D eigenvalue weighted by atomic mass is 10.0. The number of aryl methyl sites for hydroxylation is 1. The molecular weight excluding hydrogens is 358 g/mol. The minimum absolute atomic E-state index is 0.814. The molecule has 0 bridgehead atoms. The van der Waals surface area contributed by atoms with Crippen molar-refractivity contribution >= 4 is 0 Å². The third-order valence-electron chi connectivity index (χ3n) is 5.50. The molecule has 5 heteroatoms. The van der Waals surface area contributed by atoms with Crippen LogP contribution in [0.25, 0.3) is 22.6 Å². The van der Waals surface area contributed by atoms with E-state index in [9.17, 15) is 0 Å². The molecule has 5 nitrogen and oxygen atoms in total. The molecular formula is C24H23N5. The van der Waals surface area contributed by atoms with Gasteiger partial charge in [-0.1, -0.05) is 60.2 Å². The molecule has 0 saturated carbocycles. The average molecular weight is 381 g/mol. The molecule has 1 N–H and O–H groups in total. The number of nitrogens with zero attached hydrogens (tertiary/aromatic N) is 4. The van der Waals surface area contributed by atoms with Gasteiger partial charge in [0.15, 0.2) is 5.82 Å². The van der Waals surface area contributed by atoms with Crippen LogP contribution >= 0.6 is 0 Å². The molecule has 3 heterocycles. The zero-order chi connectivity index (χ0) is 19.6. The highest BCUT2D eigenvalue weighted by Crippen LogP contribution is 2.26. The molecule has 0 aliphatic carbocycles. The minimum Gasteiger partial charge on any atom is -0.294 e. The molecule has 5 rings (SSSR count). The van der Waals surface area contributed by atoms with Crippen LogP contribution in [-0.4, -0.2) is 31.6 Å². The van der Waals surface area contributed by atoms with Gasteiger partial charge in [0, 0.05) is 48.9 Å². The second-order valence-electron chi connectivity index (χ2n) is 7.63. The molecule has 1 aliphatic rings. The highest BCUT2D eigenvalue weighted by Gasteiger charge is 2.20. The van der Waals surface area contributed by atoms with E-state index in [1.54, 1.807) is 0 Å². The lowest BCUT2D eigenvalue weighted by Crippen LogP contribution is -2.31. The normalized spacial score (nSPS) is 14.0. The number of nitrogens with one attached hydrogen (secondary N) is 1. The molecule has 0 fully saturated rings. The van der Waals surface area contributed by atoms with Gasteiger partial charge in [-0.15, -0.1) is 0 Å². The number of H-pyrrole nitrogens is 1. The zero-order valence-corrected chi connectivity index (χ0v) is 16.5. The zero-order valence-electron chi connectivity index (χ0n) is 16.5. The maximum atomic E-state index is 4.83. The van der Waals surface area contributed by atoms with Gasteiger partial charge >= 0.3 is 0 Å². The van der Waals surface area contributed by atoms with Gasteiger partial charge < -0.3 is 0 Å². The predicted octanol–water partition coefficient (Wildman–Crippen LogP) is 4.40. The minimum atomic E-state index is 0.814. The maximum Gasteiger partial charge on any atom is 0.159 e. The monoisotopic (exact) mass is 381 g/mol. The Morgan fingerprint density at radius 1 is 0.966 bits per heavy atom. The van der Waals surface area contributed by atoms with Crippen molar-refractivity contribution in [1.82, 2.24) is 25.1 Å². The first-order valence-electron chi connectivity index (χ1n) is 9.98. The fourth-order valence-corrected chi connectivity index (χ4v) is 3.88. The van der Waals surface area contributed by atoms with E-state index in [-0.39, 0.29) is 0 Å². The average Bonchev–Trinajstić information content (AvgIpc) is 3.22. The predicted molar refractivity (Wildman–Crippen MR) is 114 cm³/mol. The van der Waals surface area contributed by atoms with Crippen LogP contribution in [0.1, 0.15) is 22.4 Å². The summed E-state index contributed by atoms with van der Waals surface area (Å²) in [6.45, 7) is 4.81. The van der Waals surface area contributed by atoms with Crippen LogP contribution < -0.4 is 0 Å². The number of rotatable bonds is 4. The Labute approximate surface area is 170 Å². The molecule has 0 saturated heterocycles. The summed E-state index contributed by atoms with van der Waals surface area (Å²) in [7, 11) is 0. The summed E-state index contributed by atoms with van der Waals surface area (Å²) in [5, 5.41) is 7.47. The van der Waals surface area contributed by atoms with Crippen LogP contribution in [0.15, 0.2) is 67.0 Å². The Kier molecular flexibility index (Phi) is 4.66. The topological polar surface area (TPSA) is 57.7 Å². The third-order valence-corrected chi connectivity index (χ3v) is 5.50. The molecule has 0 amide bonds. The van der Waals surface area contributed by atoms with E-state index in [1.165, 1.54) is 27.9 Å². The van der Waals surface area contributed by atoms with Crippen molar-refractivity contribution in [3.63, 3.8) is 0 Å². The standard InChI is InChI=1S/C24H23N5/c1-17-7-9-18(10-8-17)23-21(14-26-28-23)16-29-12-11-22-20(15-29)13-25-24(27-22)19-5-3-2-4-6-19/h2-10,13-14H,11-12,15-16H2,1H3,(H,26,28). The number of benzene rings is 2. The maximum absolute atomic E-state index is 4.83. The molecule has 0 atom stereocenters. The summed E-state index contributed by atoms with van der Waals surface area (Å²) in [6.07, 6.45) is 4.88. The van der Waals surface area contributed by atoms with Gasteiger partial charge in [0.05, 0.1) is 17.6 Å². The van der Waals surface area contributed by atoms with Crippen LogP contribution in [0, 0.1) is 6.92 Å². The fourth-order valence-electron chi connectivity index (χ4n) is 3.88. The van der Waals surface area contributed by atoms with E-state index < -0.39 is 0 Å². The van der Waals surface area contributed by atoms with Gasteiger partial charge in [0.25, 0.3) is 0 Å². The molecule has 4 aromatic rings. The molecule has 0 unspecified atom stereocenters. The number of hydrogen-bond acceptors (Lipinski definition) is 4. The van der Waals surface area contributed by atoms with E-state index in [4.69, 9.17) is 4.98 Å². The Morgan fingerprint density at radius 2 is 1.79 bits per heavy atom.